The maximum atomic E-state index is 12.8. The first-order valence-electron chi connectivity index (χ1n) is 10.5. The second-order valence-electron chi connectivity index (χ2n) is 8.00. The van der Waals surface area contributed by atoms with Gasteiger partial charge in [0.15, 0.2) is 0 Å². The molecule has 0 radical (unpaired) electrons. The van der Waals surface area contributed by atoms with Gasteiger partial charge in [-0.25, -0.2) is 22.8 Å². The molecule has 1 fully saturated rings. The fourth-order valence-electron chi connectivity index (χ4n) is 4.23. The molecule has 0 spiro atoms. The Hall–Kier alpha value is -3.04. The van der Waals surface area contributed by atoms with Gasteiger partial charge in [0.05, 0.1) is 17.6 Å². The zero-order valence-electron chi connectivity index (χ0n) is 17.0. The molecule has 0 unspecified atom stereocenters. The van der Waals surface area contributed by atoms with E-state index in [1.165, 1.54) is 6.42 Å². The normalized spacial score (nSPS) is 15.5. The molecule has 2 N–H and O–H groups in total. The Bertz CT molecular complexity index is 1270. The van der Waals surface area contributed by atoms with Gasteiger partial charge in [-0.1, -0.05) is 36.6 Å². The van der Waals surface area contributed by atoms with Crippen molar-refractivity contribution >= 4 is 21.1 Å². The predicted molar refractivity (Wildman–Crippen MR) is 118 cm³/mol. The van der Waals surface area contributed by atoms with Crippen molar-refractivity contribution in [1.29, 1.82) is 0 Å². The Kier molecular flexibility index (Phi) is 5.29. The maximum absolute atomic E-state index is 12.8. The van der Waals surface area contributed by atoms with Crippen LogP contribution in [0.5, 0.6) is 0 Å². The number of sulfonamides is 1. The first-order chi connectivity index (χ1) is 15.1. The van der Waals surface area contributed by atoms with Gasteiger partial charge in [-0.3, -0.25) is 0 Å². The summed E-state index contributed by atoms with van der Waals surface area (Å²) in [7, 11) is -3.51. The fourth-order valence-corrected chi connectivity index (χ4v) is 5.54. The fraction of sp³-hybridized carbons (Fsp3) is 0.318. The highest BCUT2D eigenvalue weighted by Crippen LogP contribution is 2.29. The highest BCUT2D eigenvalue weighted by atomic mass is 32.2. The Balaban J connectivity index is 1.40. The van der Waals surface area contributed by atoms with Crippen LogP contribution in [0.3, 0.4) is 0 Å². The molecule has 4 aromatic rings. The lowest BCUT2D eigenvalue weighted by atomic mass is 9.96. The minimum Gasteiger partial charge on any atom is -0.342 e. The van der Waals surface area contributed by atoms with Crippen LogP contribution in [0.2, 0.25) is 0 Å². The van der Waals surface area contributed by atoms with Gasteiger partial charge in [0.1, 0.15) is 5.65 Å². The summed E-state index contributed by atoms with van der Waals surface area (Å²) in [5, 5.41) is 8.81. The SMILES string of the molecule is O=S(=O)(NC1CCCCC1)c1ccc(-c2ccnc3[nH]c(Cn4ccnn4)cc23)cc1. The number of nitrogens with one attached hydrogen (secondary N) is 2. The first kappa shape index (κ1) is 19.9. The quantitative estimate of drug-likeness (QED) is 0.481. The van der Waals surface area contributed by atoms with Crippen molar-refractivity contribution in [2.75, 3.05) is 0 Å². The zero-order chi connectivity index (χ0) is 21.3. The van der Waals surface area contributed by atoms with Crippen molar-refractivity contribution in [3.63, 3.8) is 0 Å². The molecular formula is C22H24N6O2S. The molecule has 3 aromatic heterocycles. The molecule has 8 nitrogen and oxygen atoms in total. The van der Waals surface area contributed by atoms with Crippen LogP contribution < -0.4 is 4.72 Å². The average molecular weight is 437 g/mol. The van der Waals surface area contributed by atoms with Gasteiger partial charge in [-0.2, -0.15) is 0 Å². The molecule has 31 heavy (non-hydrogen) atoms. The molecule has 0 aliphatic heterocycles. The molecule has 1 aromatic carbocycles. The van der Waals surface area contributed by atoms with Crippen LogP contribution in [0.15, 0.2) is 59.9 Å². The molecule has 160 valence electrons. The average Bonchev–Trinajstić information content (AvgIpc) is 3.43. The Morgan fingerprint density at radius 1 is 1.06 bits per heavy atom. The van der Waals surface area contributed by atoms with E-state index in [0.29, 0.717) is 11.4 Å². The summed E-state index contributed by atoms with van der Waals surface area (Å²) in [6.07, 6.45) is 10.4. The highest BCUT2D eigenvalue weighted by molar-refractivity contribution is 7.89. The number of aromatic nitrogens is 5. The largest absolute Gasteiger partial charge is 0.342 e. The maximum Gasteiger partial charge on any atom is 0.240 e. The van der Waals surface area contributed by atoms with Gasteiger partial charge in [0.2, 0.25) is 10.0 Å². The summed E-state index contributed by atoms with van der Waals surface area (Å²) >= 11 is 0. The minimum absolute atomic E-state index is 0.0431. The van der Waals surface area contributed by atoms with Crippen LogP contribution in [-0.2, 0) is 16.6 Å². The summed E-state index contributed by atoms with van der Waals surface area (Å²) in [4.78, 5) is 8.05. The number of pyridine rings is 1. The number of nitrogens with zero attached hydrogens (tertiary/aromatic N) is 4. The number of H-pyrrole nitrogens is 1. The summed E-state index contributed by atoms with van der Waals surface area (Å²) in [5.74, 6) is 0. The third-order valence-electron chi connectivity index (χ3n) is 5.79. The van der Waals surface area contributed by atoms with Crippen molar-refractivity contribution in [3.05, 3.63) is 60.7 Å². The summed E-state index contributed by atoms with van der Waals surface area (Å²) in [5.41, 5.74) is 3.69. The van der Waals surface area contributed by atoms with Crippen molar-refractivity contribution in [2.24, 2.45) is 0 Å². The van der Waals surface area contributed by atoms with Gasteiger partial charge < -0.3 is 4.98 Å². The van der Waals surface area contributed by atoms with Crippen LogP contribution in [-0.4, -0.2) is 39.4 Å². The highest BCUT2D eigenvalue weighted by Gasteiger charge is 2.22. The lowest BCUT2D eigenvalue weighted by Gasteiger charge is -2.22. The van der Waals surface area contributed by atoms with Gasteiger partial charge in [-0.15, -0.1) is 5.10 Å². The summed E-state index contributed by atoms with van der Waals surface area (Å²) in [6, 6.07) is 11.1. The van der Waals surface area contributed by atoms with Crippen molar-refractivity contribution in [3.8, 4) is 11.1 Å². The van der Waals surface area contributed by atoms with Crippen LogP contribution in [0, 0.1) is 0 Å². The number of aromatic amines is 1. The Labute approximate surface area is 180 Å². The van der Waals surface area contributed by atoms with Crippen molar-refractivity contribution in [1.82, 2.24) is 29.7 Å². The van der Waals surface area contributed by atoms with E-state index in [1.54, 1.807) is 35.4 Å². The molecule has 5 rings (SSSR count). The first-order valence-corrected chi connectivity index (χ1v) is 12.0. The second kappa shape index (κ2) is 8.24. The Morgan fingerprint density at radius 2 is 1.87 bits per heavy atom. The van der Waals surface area contributed by atoms with Crippen LogP contribution in [0.1, 0.15) is 37.8 Å². The molecule has 0 bridgehead atoms. The summed E-state index contributed by atoms with van der Waals surface area (Å²) in [6.45, 7) is 0.569. The second-order valence-corrected chi connectivity index (χ2v) is 9.71. The monoisotopic (exact) mass is 436 g/mol. The topological polar surface area (TPSA) is 106 Å². The number of benzene rings is 1. The van der Waals surface area contributed by atoms with Crippen LogP contribution in [0.25, 0.3) is 22.2 Å². The lowest BCUT2D eigenvalue weighted by molar-refractivity contribution is 0.412. The molecule has 1 saturated carbocycles. The predicted octanol–water partition coefficient (Wildman–Crippen LogP) is 3.48. The minimum atomic E-state index is -3.51. The molecule has 9 heteroatoms. The molecule has 3 heterocycles. The third kappa shape index (κ3) is 4.24. The number of hydrogen-bond acceptors (Lipinski definition) is 5. The van der Waals surface area contributed by atoms with Gasteiger partial charge >= 0.3 is 0 Å². The number of fused-ring (bicyclic) bond motifs is 1. The standard InChI is InChI=1S/C22H24N6O2S/c29-31(30,26-17-4-2-1-3-5-17)19-8-6-16(7-9-19)20-10-11-23-22-21(20)14-18(25-22)15-28-13-12-24-27-28/h6-14,17,26H,1-5,15H2,(H,23,25). The van der Waals surface area contributed by atoms with E-state index in [-0.39, 0.29) is 6.04 Å². The van der Waals surface area contributed by atoms with Crippen LogP contribution in [0.4, 0.5) is 0 Å². The number of rotatable bonds is 6. The number of hydrogen-bond donors (Lipinski definition) is 2. The lowest BCUT2D eigenvalue weighted by Crippen LogP contribution is -2.36. The van der Waals surface area contributed by atoms with E-state index in [9.17, 15) is 8.42 Å². The van der Waals surface area contributed by atoms with Crippen molar-refractivity contribution in [2.45, 2.75) is 49.6 Å². The van der Waals surface area contributed by atoms with Crippen molar-refractivity contribution < 1.29 is 8.42 Å². The molecule has 1 aliphatic rings. The van der Waals surface area contributed by atoms with E-state index in [1.807, 2.05) is 18.2 Å². The van der Waals surface area contributed by atoms with E-state index < -0.39 is 10.0 Å². The van der Waals surface area contributed by atoms with Gasteiger partial charge in [0, 0.05) is 29.5 Å². The van der Waals surface area contributed by atoms with E-state index >= 15 is 0 Å². The molecule has 0 atom stereocenters. The van der Waals surface area contributed by atoms with E-state index in [0.717, 1.165) is 53.5 Å². The molecule has 0 amide bonds. The molecule has 0 saturated heterocycles. The van der Waals surface area contributed by atoms with Gasteiger partial charge in [-0.05, 0) is 48.2 Å². The Morgan fingerprint density at radius 3 is 2.61 bits per heavy atom. The summed E-state index contributed by atoms with van der Waals surface area (Å²) < 4.78 is 30.2. The smallest absolute Gasteiger partial charge is 0.240 e. The zero-order valence-corrected chi connectivity index (χ0v) is 17.8. The molecular weight excluding hydrogens is 412 g/mol. The van der Waals surface area contributed by atoms with E-state index in [4.69, 9.17) is 0 Å². The van der Waals surface area contributed by atoms with E-state index in [2.05, 4.69) is 31.1 Å². The molecule has 1 aliphatic carbocycles. The van der Waals surface area contributed by atoms with Crippen LogP contribution >= 0.6 is 0 Å². The third-order valence-corrected chi connectivity index (χ3v) is 7.33. The van der Waals surface area contributed by atoms with Gasteiger partial charge in [0.25, 0.3) is 0 Å².